The Hall–Kier alpha value is -3.82. The summed E-state index contributed by atoms with van der Waals surface area (Å²) in [4.78, 5) is 29.0. The SMILES string of the molecule is CN(C)c1ccc(/C=C2\SC(c3ccc(Cl)cc3)N(NC(=O)Cn3nnc4ccccc43)C2=O)cc1. The first-order chi connectivity index (χ1) is 17.4. The van der Waals surface area contributed by atoms with Gasteiger partial charge < -0.3 is 4.90 Å². The number of rotatable bonds is 6. The molecule has 2 heterocycles. The molecule has 1 unspecified atom stereocenters. The average Bonchev–Trinajstić information content (AvgIpc) is 3.41. The number of hydrogen-bond acceptors (Lipinski definition) is 6. The van der Waals surface area contributed by atoms with Crippen LogP contribution in [-0.4, -0.2) is 45.9 Å². The molecule has 5 rings (SSSR count). The molecule has 0 spiro atoms. The standard InChI is InChI=1S/C26H23ClN6O2S/c1-31(2)20-13-7-17(8-14-20)15-23-25(35)33(26(36-23)18-9-11-19(27)12-10-18)29-24(34)16-32-22-6-4-3-5-21(22)28-30-32/h3-15,26H,16H2,1-2H3,(H,29,34)/b23-15-. The lowest BCUT2D eigenvalue weighted by atomic mass is 10.2. The van der Waals surface area contributed by atoms with E-state index in [4.69, 9.17) is 11.6 Å². The van der Waals surface area contributed by atoms with E-state index in [1.165, 1.54) is 21.5 Å². The summed E-state index contributed by atoms with van der Waals surface area (Å²) in [6.07, 6.45) is 1.84. The maximum atomic E-state index is 13.4. The number of fused-ring (bicyclic) bond motifs is 1. The van der Waals surface area contributed by atoms with Gasteiger partial charge in [0.2, 0.25) is 0 Å². The van der Waals surface area contributed by atoms with E-state index in [9.17, 15) is 9.59 Å². The molecule has 1 atom stereocenters. The highest BCUT2D eigenvalue weighted by Gasteiger charge is 2.38. The van der Waals surface area contributed by atoms with Crippen LogP contribution in [-0.2, 0) is 16.1 Å². The predicted molar refractivity (Wildman–Crippen MR) is 143 cm³/mol. The number of para-hydroxylation sites is 1. The van der Waals surface area contributed by atoms with E-state index < -0.39 is 5.37 Å². The second-order valence-electron chi connectivity index (χ2n) is 8.46. The van der Waals surface area contributed by atoms with Crippen molar-refractivity contribution in [2.45, 2.75) is 11.9 Å². The first-order valence-electron chi connectivity index (χ1n) is 11.2. The number of nitrogens with zero attached hydrogens (tertiary/aromatic N) is 5. The number of benzene rings is 3. The molecular formula is C26H23ClN6O2S. The molecule has 36 heavy (non-hydrogen) atoms. The normalized spacial score (nSPS) is 16.6. The number of amides is 2. The van der Waals surface area contributed by atoms with Gasteiger partial charge in [-0.3, -0.25) is 15.0 Å². The van der Waals surface area contributed by atoms with Crippen LogP contribution < -0.4 is 10.3 Å². The van der Waals surface area contributed by atoms with Crippen molar-refractivity contribution in [3.63, 3.8) is 0 Å². The van der Waals surface area contributed by atoms with Crippen molar-refractivity contribution in [3.8, 4) is 0 Å². The van der Waals surface area contributed by atoms with Crippen LogP contribution in [0.2, 0.25) is 5.02 Å². The number of carbonyl (C=O) groups is 2. The first kappa shape index (κ1) is 23.9. The molecule has 1 fully saturated rings. The van der Waals surface area contributed by atoms with E-state index in [1.807, 2.05) is 85.7 Å². The molecule has 1 aromatic heterocycles. The Morgan fingerprint density at radius 3 is 2.53 bits per heavy atom. The Morgan fingerprint density at radius 2 is 1.81 bits per heavy atom. The number of halogens is 1. The van der Waals surface area contributed by atoms with Gasteiger partial charge in [-0.1, -0.05) is 65.0 Å². The summed E-state index contributed by atoms with van der Waals surface area (Å²) in [5, 5.41) is 9.68. The van der Waals surface area contributed by atoms with E-state index in [2.05, 4.69) is 15.7 Å². The monoisotopic (exact) mass is 518 g/mol. The third-order valence-electron chi connectivity index (χ3n) is 5.72. The Labute approximate surface area is 217 Å². The molecule has 4 aromatic rings. The van der Waals surface area contributed by atoms with Gasteiger partial charge in [0.05, 0.1) is 10.4 Å². The summed E-state index contributed by atoms with van der Waals surface area (Å²) in [5.74, 6) is -0.663. The summed E-state index contributed by atoms with van der Waals surface area (Å²) in [7, 11) is 3.95. The van der Waals surface area contributed by atoms with E-state index in [0.29, 0.717) is 15.4 Å². The highest BCUT2D eigenvalue weighted by molar-refractivity contribution is 8.04. The van der Waals surface area contributed by atoms with Gasteiger partial charge in [0.25, 0.3) is 11.8 Å². The van der Waals surface area contributed by atoms with E-state index in [0.717, 1.165) is 22.3 Å². The molecule has 1 aliphatic rings. The number of anilines is 1. The minimum Gasteiger partial charge on any atom is -0.378 e. The highest BCUT2D eigenvalue weighted by atomic mass is 35.5. The van der Waals surface area contributed by atoms with Gasteiger partial charge in [0.15, 0.2) is 0 Å². The summed E-state index contributed by atoms with van der Waals surface area (Å²) in [6, 6.07) is 22.6. The van der Waals surface area contributed by atoms with Crippen molar-refractivity contribution in [2.24, 2.45) is 0 Å². The highest BCUT2D eigenvalue weighted by Crippen LogP contribution is 2.45. The van der Waals surface area contributed by atoms with Gasteiger partial charge >= 0.3 is 0 Å². The lowest BCUT2D eigenvalue weighted by Gasteiger charge is -2.24. The molecule has 10 heteroatoms. The van der Waals surface area contributed by atoms with Crippen molar-refractivity contribution < 1.29 is 9.59 Å². The van der Waals surface area contributed by atoms with Crippen LogP contribution >= 0.6 is 23.4 Å². The summed E-state index contributed by atoms with van der Waals surface area (Å²) < 4.78 is 1.51. The fourth-order valence-corrected chi connectivity index (χ4v) is 5.18. The Morgan fingerprint density at radius 1 is 1.08 bits per heavy atom. The van der Waals surface area contributed by atoms with E-state index in [-0.39, 0.29) is 18.4 Å². The molecule has 2 amide bonds. The van der Waals surface area contributed by atoms with Crippen LogP contribution in [0.15, 0.2) is 77.7 Å². The summed E-state index contributed by atoms with van der Waals surface area (Å²) in [6.45, 7) is -0.0760. The minimum absolute atomic E-state index is 0.0760. The zero-order valence-corrected chi connectivity index (χ0v) is 21.2. The molecule has 0 saturated carbocycles. The van der Waals surface area contributed by atoms with Crippen LogP contribution in [0, 0.1) is 0 Å². The second kappa shape index (κ2) is 10.0. The van der Waals surface area contributed by atoms with Crippen molar-refractivity contribution in [1.82, 2.24) is 25.4 Å². The predicted octanol–water partition coefficient (Wildman–Crippen LogP) is 4.50. The lowest BCUT2D eigenvalue weighted by Crippen LogP contribution is -2.45. The van der Waals surface area contributed by atoms with Crippen molar-refractivity contribution in [2.75, 3.05) is 19.0 Å². The second-order valence-corrected chi connectivity index (χ2v) is 10.0. The van der Waals surface area contributed by atoms with Crippen molar-refractivity contribution in [1.29, 1.82) is 0 Å². The third kappa shape index (κ3) is 4.93. The molecule has 1 N–H and O–H groups in total. The van der Waals surface area contributed by atoms with E-state index in [1.54, 1.807) is 12.1 Å². The Balaban J connectivity index is 1.41. The topological polar surface area (TPSA) is 83.4 Å². The molecule has 0 aliphatic carbocycles. The number of thioether (sulfide) groups is 1. The molecule has 0 radical (unpaired) electrons. The lowest BCUT2D eigenvalue weighted by molar-refractivity contribution is -0.138. The number of nitrogens with one attached hydrogen (secondary N) is 1. The van der Waals surface area contributed by atoms with Crippen LogP contribution in [0.3, 0.4) is 0 Å². The van der Waals surface area contributed by atoms with E-state index >= 15 is 0 Å². The van der Waals surface area contributed by atoms with Crippen LogP contribution in [0.1, 0.15) is 16.5 Å². The summed E-state index contributed by atoms with van der Waals surface area (Å²) >= 11 is 7.46. The Kier molecular flexibility index (Phi) is 6.67. The fraction of sp³-hybridized carbons (Fsp3) is 0.154. The van der Waals surface area contributed by atoms with Gasteiger partial charge in [0, 0.05) is 24.8 Å². The maximum Gasteiger partial charge on any atom is 0.280 e. The Bertz CT molecular complexity index is 1450. The molecule has 0 bridgehead atoms. The van der Waals surface area contributed by atoms with Crippen molar-refractivity contribution >= 4 is 58.0 Å². The molecule has 3 aromatic carbocycles. The van der Waals surface area contributed by atoms with Gasteiger partial charge in [-0.05, 0) is 53.6 Å². The largest absolute Gasteiger partial charge is 0.378 e. The molecule has 1 saturated heterocycles. The molecule has 1 aliphatic heterocycles. The average molecular weight is 519 g/mol. The first-order valence-corrected chi connectivity index (χ1v) is 12.5. The van der Waals surface area contributed by atoms with Crippen LogP contribution in [0.4, 0.5) is 5.69 Å². The number of hydrogen-bond donors (Lipinski definition) is 1. The molecular weight excluding hydrogens is 496 g/mol. The summed E-state index contributed by atoms with van der Waals surface area (Å²) in [5.41, 5.74) is 7.03. The third-order valence-corrected chi connectivity index (χ3v) is 7.23. The maximum absolute atomic E-state index is 13.4. The fourth-order valence-electron chi connectivity index (χ4n) is 3.86. The van der Waals surface area contributed by atoms with Crippen molar-refractivity contribution in [3.05, 3.63) is 93.9 Å². The minimum atomic E-state index is -0.446. The number of aromatic nitrogens is 3. The van der Waals surface area contributed by atoms with Crippen LogP contribution in [0.25, 0.3) is 17.1 Å². The van der Waals surface area contributed by atoms with Gasteiger partial charge in [0.1, 0.15) is 17.4 Å². The zero-order chi connectivity index (χ0) is 25.2. The number of hydrazine groups is 1. The number of carbonyl (C=O) groups excluding carboxylic acids is 2. The van der Waals surface area contributed by atoms with Gasteiger partial charge in [-0.25, -0.2) is 9.69 Å². The quantitative estimate of drug-likeness (QED) is 0.378. The van der Waals surface area contributed by atoms with Crippen LogP contribution in [0.5, 0.6) is 0 Å². The smallest absolute Gasteiger partial charge is 0.280 e. The van der Waals surface area contributed by atoms with Gasteiger partial charge in [-0.15, -0.1) is 5.10 Å². The van der Waals surface area contributed by atoms with Gasteiger partial charge in [-0.2, -0.15) is 0 Å². The zero-order valence-electron chi connectivity index (χ0n) is 19.6. The molecule has 182 valence electrons. The molecule has 8 nitrogen and oxygen atoms in total.